The zero-order chi connectivity index (χ0) is 19.4. The third-order valence-corrected chi connectivity index (χ3v) is 5.35. The van der Waals surface area contributed by atoms with Crippen LogP contribution in [0, 0.1) is 6.92 Å². The van der Waals surface area contributed by atoms with E-state index in [0.717, 1.165) is 55.9 Å². The summed E-state index contributed by atoms with van der Waals surface area (Å²) in [6.07, 6.45) is 0. The minimum absolute atomic E-state index is 0.792. The van der Waals surface area contributed by atoms with Gasteiger partial charge >= 0.3 is 0 Å². The molecule has 6 aromatic rings. The van der Waals surface area contributed by atoms with Crippen molar-refractivity contribution in [3.63, 3.8) is 0 Å². The molecule has 0 atom stereocenters. The number of pyridine rings is 1. The summed E-state index contributed by atoms with van der Waals surface area (Å²) in [5, 5.41) is 1.06. The second-order valence-corrected chi connectivity index (χ2v) is 7.19. The third-order valence-electron chi connectivity index (χ3n) is 5.35. The summed E-state index contributed by atoms with van der Waals surface area (Å²) >= 11 is 0. The summed E-state index contributed by atoms with van der Waals surface area (Å²) in [6, 6.07) is 28.5. The summed E-state index contributed by atoms with van der Waals surface area (Å²) in [6.45, 7) is 2.09. The molecule has 0 bridgehead atoms. The van der Waals surface area contributed by atoms with Crippen LogP contribution in [0.1, 0.15) is 5.56 Å². The van der Waals surface area contributed by atoms with E-state index in [2.05, 4.69) is 35.8 Å². The number of aromatic nitrogens is 3. The van der Waals surface area contributed by atoms with Gasteiger partial charge in [0.1, 0.15) is 16.8 Å². The first-order chi connectivity index (χ1) is 14.3. The fourth-order valence-electron chi connectivity index (χ4n) is 4.02. The Morgan fingerprint density at radius 2 is 1.55 bits per heavy atom. The Hall–Kier alpha value is -3.92. The molecule has 4 nitrogen and oxygen atoms in total. The van der Waals surface area contributed by atoms with Crippen LogP contribution in [0.2, 0.25) is 0 Å². The molecule has 0 spiro atoms. The molecule has 0 aliphatic heterocycles. The Morgan fingerprint density at radius 1 is 0.724 bits per heavy atom. The van der Waals surface area contributed by atoms with Crippen molar-refractivity contribution >= 4 is 33.1 Å². The molecule has 0 aliphatic carbocycles. The zero-order valence-corrected chi connectivity index (χ0v) is 15.8. The highest BCUT2D eigenvalue weighted by molar-refractivity contribution is 6.04. The van der Waals surface area contributed by atoms with Gasteiger partial charge < -0.3 is 4.42 Å². The van der Waals surface area contributed by atoms with Crippen molar-refractivity contribution in [3.8, 4) is 17.2 Å². The molecule has 0 saturated heterocycles. The number of fused-ring (bicyclic) bond motifs is 4. The van der Waals surface area contributed by atoms with Crippen molar-refractivity contribution < 1.29 is 4.42 Å². The molecule has 0 radical (unpaired) electrons. The van der Waals surface area contributed by atoms with Gasteiger partial charge in [0.25, 0.3) is 0 Å². The third kappa shape index (κ3) is 2.39. The molecule has 3 heterocycles. The van der Waals surface area contributed by atoms with E-state index in [-0.39, 0.29) is 0 Å². The second kappa shape index (κ2) is 6.04. The topological polar surface area (TPSA) is 43.9 Å². The summed E-state index contributed by atoms with van der Waals surface area (Å²) in [7, 11) is 0. The van der Waals surface area contributed by atoms with Gasteiger partial charge in [0, 0.05) is 11.1 Å². The number of hydrogen-bond donors (Lipinski definition) is 0. The number of benzene rings is 3. The lowest BCUT2D eigenvalue weighted by molar-refractivity contribution is 0.668. The van der Waals surface area contributed by atoms with Gasteiger partial charge in [0.05, 0.1) is 11.0 Å². The highest BCUT2D eigenvalue weighted by Crippen LogP contribution is 2.33. The van der Waals surface area contributed by atoms with Crippen LogP contribution < -0.4 is 0 Å². The van der Waals surface area contributed by atoms with Gasteiger partial charge in [-0.3, -0.25) is 4.57 Å². The average molecular weight is 375 g/mol. The number of aryl methyl sites for hydroxylation is 1. The Labute approximate surface area is 167 Å². The van der Waals surface area contributed by atoms with E-state index in [4.69, 9.17) is 14.4 Å². The average Bonchev–Trinajstić information content (AvgIpc) is 3.33. The van der Waals surface area contributed by atoms with Gasteiger partial charge in [0.2, 0.25) is 0 Å². The lowest BCUT2D eigenvalue weighted by Gasteiger charge is -2.09. The van der Waals surface area contributed by atoms with E-state index in [1.165, 1.54) is 0 Å². The molecule has 0 unspecified atom stereocenters. The van der Waals surface area contributed by atoms with E-state index in [1.54, 1.807) is 0 Å². The van der Waals surface area contributed by atoms with Crippen LogP contribution in [0.5, 0.6) is 0 Å². The van der Waals surface area contributed by atoms with Crippen molar-refractivity contribution in [3.05, 3.63) is 90.5 Å². The van der Waals surface area contributed by atoms with Crippen molar-refractivity contribution in [2.24, 2.45) is 0 Å². The van der Waals surface area contributed by atoms with Crippen LogP contribution in [0.15, 0.2) is 89.3 Å². The molecular formula is C25H17N3O. The minimum Gasteiger partial charge on any atom is -0.454 e. The maximum absolute atomic E-state index is 6.01. The first kappa shape index (κ1) is 16.1. The van der Waals surface area contributed by atoms with Crippen LogP contribution in [0.25, 0.3) is 50.3 Å². The molecule has 0 N–H and O–H groups in total. The van der Waals surface area contributed by atoms with E-state index in [0.29, 0.717) is 0 Å². The minimum atomic E-state index is 0.792. The van der Waals surface area contributed by atoms with Crippen molar-refractivity contribution in [1.29, 1.82) is 0 Å². The van der Waals surface area contributed by atoms with Crippen LogP contribution in [-0.4, -0.2) is 14.5 Å². The Kier molecular flexibility index (Phi) is 3.35. The van der Waals surface area contributed by atoms with Crippen LogP contribution in [0.3, 0.4) is 0 Å². The Balaban J connectivity index is 1.68. The molecule has 4 heteroatoms. The number of rotatable bonds is 2. The van der Waals surface area contributed by atoms with E-state index >= 15 is 0 Å². The predicted molar refractivity (Wildman–Crippen MR) is 116 cm³/mol. The highest BCUT2D eigenvalue weighted by Gasteiger charge is 2.17. The zero-order valence-electron chi connectivity index (χ0n) is 15.8. The van der Waals surface area contributed by atoms with Gasteiger partial charge in [-0.15, -0.1) is 0 Å². The summed E-state index contributed by atoms with van der Waals surface area (Å²) in [5.41, 5.74) is 7.58. The van der Waals surface area contributed by atoms with Gasteiger partial charge in [0.15, 0.2) is 11.4 Å². The van der Waals surface area contributed by atoms with Crippen molar-refractivity contribution in [2.45, 2.75) is 6.92 Å². The maximum atomic E-state index is 6.01. The van der Waals surface area contributed by atoms with Gasteiger partial charge in [-0.2, -0.15) is 0 Å². The largest absolute Gasteiger partial charge is 0.454 e. The van der Waals surface area contributed by atoms with Crippen molar-refractivity contribution in [1.82, 2.24) is 14.5 Å². The molecular weight excluding hydrogens is 358 g/mol. The molecule has 3 aromatic carbocycles. The number of hydrogen-bond acceptors (Lipinski definition) is 3. The van der Waals surface area contributed by atoms with E-state index in [9.17, 15) is 0 Å². The fraction of sp³-hybridized carbons (Fsp3) is 0.0400. The summed E-state index contributed by atoms with van der Waals surface area (Å²) < 4.78 is 8.17. The van der Waals surface area contributed by atoms with Gasteiger partial charge in [-0.1, -0.05) is 42.5 Å². The SMILES string of the molecule is Cc1cccc2oc3ccc(-c4nc5ccccc5n4-c4ccccc4)nc3c12. The van der Waals surface area contributed by atoms with E-state index < -0.39 is 0 Å². The number of para-hydroxylation sites is 3. The smallest absolute Gasteiger partial charge is 0.164 e. The normalized spacial score (nSPS) is 11.6. The molecule has 0 saturated carbocycles. The molecule has 0 amide bonds. The van der Waals surface area contributed by atoms with Crippen LogP contribution in [-0.2, 0) is 0 Å². The standard InChI is InChI=1S/C25H17N3O/c1-16-8-7-13-21-23(16)24-22(29-21)15-14-19(26-24)25-27-18-11-5-6-12-20(18)28(25)17-9-3-2-4-10-17/h2-15H,1H3. The van der Waals surface area contributed by atoms with Crippen LogP contribution in [0.4, 0.5) is 0 Å². The van der Waals surface area contributed by atoms with Gasteiger partial charge in [-0.05, 0) is 55.0 Å². The number of imidazole rings is 1. The van der Waals surface area contributed by atoms with Crippen LogP contribution >= 0.6 is 0 Å². The Bertz CT molecular complexity index is 1510. The number of furan rings is 1. The summed E-state index contributed by atoms with van der Waals surface area (Å²) in [4.78, 5) is 9.92. The molecule has 0 aliphatic rings. The lowest BCUT2D eigenvalue weighted by atomic mass is 10.1. The fourth-order valence-corrected chi connectivity index (χ4v) is 4.02. The quantitative estimate of drug-likeness (QED) is 0.357. The number of nitrogens with zero attached hydrogens (tertiary/aromatic N) is 3. The highest BCUT2D eigenvalue weighted by atomic mass is 16.3. The van der Waals surface area contributed by atoms with E-state index in [1.807, 2.05) is 60.7 Å². The summed E-state index contributed by atoms with van der Waals surface area (Å²) in [5.74, 6) is 0.822. The molecule has 138 valence electrons. The first-order valence-electron chi connectivity index (χ1n) is 9.62. The molecule has 0 fully saturated rings. The second-order valence-electron chi connectivity index (χ2n) is 7.19. The monoisotopic (exact) mass is 375 g/mol. The predicted octanol–water partition coefficient (Wildman–Crippen LogP) is 6.30. The lowest BCUT2D eigenvalue weighted by Crippen LogP contribution is -1.98. The molecule has 3 aromatic heterocycles. The molecule has 29 heavy (non-hydrogen) atoms. The Morgan fingerprint density at radius 3 is 2.45 bits per heavy atom. The van der Waals surface area contributed by atoms with Gasteiger partial charge in [-0.25, -0.2) is 9.97 Å². The maximum Gasteiger partial charge on any atom is 0.164 e. The first-order valence-corrected chi connectivity index (χ1v) is 9.62. The molecule has 6 rings (SSSR count). The van der Waals surface area contributed by atoms with Crippen molar-refractivity contribution in [2.75, 3.05) is 0 Å².